The van der Waals surface area contributed by atoms with Crippen LogP contribution in [0.15, 0.2) is 41.5 Å². The van der Waals surface area contributed by atoms with E-state index in [1.54, 1.807) is 25.1 Å². The first-order valence-corrected chi connectivity index (χ1v) is 8.05. The summed E-state index contributed by atoms with van der Waals surface area (Å²) in [5.74, 6) is -1.69. The zero-order chi connectivity index (χ0) is 19.3. The highest BCUT2D eigenvalue weighted by molar-refractivity contribution is 6.42. The van der Waals surface area contributed by atoms with Gasteiger partial charge in [-0.1, -0.05) is 23.2 Å². The average Bonchev–Trinajstić information content (AvgIpc) is 2.62. The number of aromatic hydroxyl groups is 1. The molecule has 0 aliphatic rings. The molecule has 7 nitrogen and oxygen atoms in total. The van der Waals surface area contributed by atoms with Crippen LogP contribution in [-0.2, 0) is 9.59 Å². The molecule has 0 saturated heterocycles. The molecule has 9 heteroatoms. The van der Waals surface area contributed by atoms with Crippen molar-refractivity contribution in [2.75, 3.05) is 12.4 Å². The van der Waals surface area contributed by atoms with Gasteiger partial charge in [0.2, 0.25) is 0 Å². The molecule has 0 radical (unpaired) electrons. The SMILES string of the molecule is COc1cc(/C(C)=N/NC(=O)C(=O)Nc2cc(Cl)ccc2Cl)ccc1O. The number of ether oxygens (including phenoxy) is 1. The van der Waals surface area contributed by atoms with Crippen molar-refractivity contribution in [1.29, 1.82) is 0 Å². The number of carbonyl (C=O) groups is 2. The predicted molar refractivity (Wildman–Crippen MR) is 100 cm³/mol. The zero-order valence-electron chi connectivity index (χ0n) is 13.8. The van der Waals surface area contributed by atoms with Crippen LogP contribution in [0.2, 0.25) is 10.0 Å². The number of rotatable bonds is 4. The number of hydrogen-bond acceptors (Lipinski definition) is 5. The minimum atomic E-state index is -0.980. The number of carbonyl (C=O) groups excluding carboxylic acids is 2. The lowest BCUT2D eigenvalue weighted by Gasteiger charge is -2.08. The Balaban J connectivity index is 2.05. The van der Waals surface area contributed by atoms with Gasteiger partial charge in [-0.3, -0.25) is 9.59 Å². The summed E-state index contributed by atoms with van der Waals surface area (Å²) < 4.78 is 5.01. The van der Waals surface area contributed by atoms with Gasteiger partial charge in [-0.25, -0.2) is 5.43 Å². The molecule has 0 aromatic heterocycles. The quantitative estimate of drug-likeness (QED) is 0.420. The second-order valence-electron chi connectivity index (χ2n) is 5.10. The monoisotopic (exact) mass is 395 g/mol. The molecule has 2 aromatic rings. The van der Waals surface area contributed by atoms with Gasteiger partial charge in [0, 0.05) is 10.6 Å². The molecular weight excluding hydrogens is 381 g/mol. The first-order chi connectivity index (χ1) is 12.3. The number of nitrogens with zero attached hydrogens (tertiary/aromatic N) is 1. The lowest BCUT2D eigenvalue weighted by Crippen LogP contribution is -2.33. The number of benzene rings is 2. The molecule has 0 fully saturated rings. The maximum atomic E-state index is 11.9. The number of phenolic OH excluding ortho intramolecular Hbond substituents is 1. The minimum absolute atomic E-state index is 0.0223. The molecular formula is C17H15Cl2N3O4. The van der Waals surface area contributed by atoms with Gasteiger partial charge in [0.1, 0.15) is 0 Å². The average molecular weight is 396 g/mol. The topological polar surface area (TPSA) is 100 Å². The van der Waals surface area contributed by atoms with Gasteiger partial charge < -0.3 is 15.2 Å². The van der Waals surface area contributed by atoms with E-state index in [-0.39, 0.29) is 22.2 Å². The molecule has 0 aliphatic heterocycles. The largest absolute Gasteiger partial charge is 0.504 e. The first kappa shape index (κ1) is 19.6. The number of hydrogen-bond donors (Lipinski definition) is 3. The number of amides is 2. The fourth-order valence-electron chi connectivity index (χ4n) is 1.92. The molecule has 0 heterocycles. The molecule has 0 spiro atoms. The summed E-state index contributed by atoms with van der Waals surface area (Å²) >= 11 is 11.8. The van der Waals surface area contributed by atoms with E-state index in [0.717, 1.165) is 0 Å². The van der Waals surface area contributed by atoms with Crippen LogP contribution in [0.25, 0.3) is 0 Å². The Labute approximate surface area is 159 Å². The summed E-state index contributed by atoms with van der Waals surface area (Å²) in [5, 5.41) is 16.4. The van der Waals surface area contributed by atoms with Crippen LogP contribution in [0.1, 0.15) is 12.5 Å². The molecule has 2 amide bonds. The third-order valence-corrected chi connectivity index (χ3v) is 3.87. The molecule has 3 N–H and O–H groups in total. The van der Waals surface area contributed by atoms with Crippen molar-refractivity contribution in [3.05, 3.63) is 52.0 Å². The van der Waals surface area contributed by atoms with Crippen molar-refractivity contribution >= 4 is 46.4 Å². The number of nitrogens with one attached hydrogen (secondary N) is 2. The predicted octanol–water partition coefficient (Wildman–Crippen LogP) is 3.19. The Morgan fingerprint density at radius 1 is 1.12 bits per heavy atom. The van der Waals surface area contributed by atoms with Gasteiger partial charge in [0.25, 0.3) is 0 Å². The molecule has 0 unspecified atom stereocenters. The van der Waals surface area contributed by atoms with Gasteiger partial charge >= 0.3 is 11.8 Å². The van der Waals surface area contributed by atoms with Crippen molar-refractivity contribution in [1.82, 2.24) is 5.43 Å². The second kappa shape index (κ2) is 8.55. The summed E-state index contributed by atoms with van der Waals surface area (Å²) in [4.78, 5) is 23.8. The molecule has 0 atom stereocenters. The summed E-state index contributed by atoms with van der Waals surface area (Å²) in [6.07, 6.45) is 0. The summed E-state index contributed by atoms with van der Waals surface area (Å²) in [6.45, 7) is 1.62. The van der Waals surface area contributed by atoms with Crippen LogP contribution in [0, 0.1) is 0 Å². The van der Waals surface area contributed by atoms with Crippen molar-refractivity contribution < 1.29 is 19.4 Å². The highest BCUT2D eigenvalue weighted by Gasteiger charge is 2.15. The van der Waals surface area contributed by atoms with Gasteiger partial charge in [-0.15, -0.1) is 0 Å². The normalized spacial score (nSPS) is 11.0. The lowest BCUT2D eigenvalue weighted by atomic mass is 10.1. The summed E-state index contributed by atoms with van der Waals surface area (Å²) in [7, 11) is 1.42. The lowest BCUT2D eigenvalue weighted by molar-refractivity contribution is -0.136. The smallest absolute Gasteiger partial charge is 0.329 e. The van der Waals surface area contributed by atoms with Crippen molar-refractivity contribution in [3.63, 3.8) is 0 Å². The second-order valence-corrected chi connectivity index (χ2v) is 5.95. The molecule has 2 rings (SSSR count). The van der Waals surface area contributed by atoms with E-state index in [0.29, 0.717) is 16.3 Å². The van der Waals surface area contributed by atoms with Crippen LogP contribution >= 0.6 is 23.2 Å². The molecule has 0 saturated carbocycles. The third kappa shape index (κ3) is 4.87. The Morgan fingerprint density at radius 2 is 1.85 bits per heavy atom. The third-order valence-electron chi connectivity index (χ3n) is 3.31. The van der Waals surface area contributed by atoms with Crippen LogP contribution in [0.4, 0.5) is 5.69 Å². The van der Waals surface area contributed by atoms with Gasteiger partial charge in [0.15, 0.2) is 11.5 Å². The Bertz CT molecular complexity index is 884. The van der Waals surface area contributed by atoms with Crippen LogP contribution in [0.5, 0.6) is 11.5 Å². The standard InChI is InChI=1S/C17H15Cl2N3O4/c1-9(10-3-6-14(23)15(7-10)26-2)21-22-17(25)16(24)20-13-8-11(18)4-5-12(13)19/h3-8,23H,1-2H3,(H,20,24)(H,22,25)/b21-9+. The summed E-state index contributed by atoms with van der Waals surface area (Å²) in [5.41, 5.74) is 3.36. The maximum Gasteiger partial charge on any atom is 0.329 e. The number of halogens is 2. The molecule has 0 aliphatic carbocycles. The van der Waals surface area contributed by atoms with Gasteiger partial charge in [-0.2, -0.15) is 5.10 Å². The van der Waals surface area contributed by atoms with Crippen molar-refractivity contribution in [3.8, 4) is 11.5 Å². The van der Waals surface area contributed by atoms with E-state index in [4.69, 9.17) is 27.9 Å². The minimum Gasteiger partial charge on any atom is -0.504 e. The van der Waals surface area contributed by atoms with Gasteiger partial charge in [0.05, 0.1) is 23.5 Å². The highest BCUT2D eigenvalue weighted by Crippen LogP contribution is 2.27. The van der Waals surface area contributed by atoms with E-state index in [1.807, 2.05) is 0 Å². The molecule has 0 bridgehead atoms. The van der Waals surface area contributed by atoms with Crippen molar-refractivity contribution in [2.24, 2.45) is 5.10 Å². The Morgan fingerprint density at radius 3 is 2.54 bits per heavy atom. The van der Waals surface area contributed by atoms with E-state index in [1.165, 1.54) is 25.3 Å². The Hall–Kier alpha value is -2.77. The fraction of sp³-hybridized carbons (Fsp3) is 0.118. The zero-order valence-corrected chi connectivity index (χ0v) is 15.4. The maximum absolute atomic E-state index is 11.9. The van der Waals surface area contributed by atoms with Crippen molar-refractivity contribution in [2.45, 2.75) is 6.92 Å². The fourth-order valence-corrected chi connectivity index (χ4v) is 2.26. The number of hydrazone groups is 1. The number of phenols is 1. The number of anilines is 1. The van der Waals surface area contributed by atoms with E-state index >= 15 is 0 Å². The molecule has 136 valence electrons. The molecule has 26 heavy (non-hydrogen) atoms. The Kier molecular flexibility index (Phi) is 6.43. The van der Waals surface area contributed by atoms with E-state index in [9.17, 15) is 14.7 Å². The highest BCUT2D eigenvalue weighted by atomic mass is 35.5. The van der Waals surface area contributed by atoms with E-state index < -0.39 is 11.8 Å². The van der Waals surface area contributed by atoms with Crippen LogP contribution in [-0.4, -0.2) is 29.7 Å². The van der Waals surface area contributed by atoms with E-state index in [2.05, 4.69) is 15.8 Å². The van der Waals surface area contributed by atoms with Gasteiger partial charge in [-0.05, 0) is 43.3 Å². The first-order valence-electron chi connectivity index (χ1n) is 7.30. The number of methoxy groups -OCH3 is 1. The summed E-state index contributed by atoms with van der Waals surface area (Å²) in [6, 6.07) is 9.05. The van der Waals surface area contributed by atoms with Crippen LogP contribution in [0.3, 0.4) is 0 Å². The molecule has 2 aromatic carbocycles. The van der Waals surface area contributed by atoms with Crippen LogP contribution < -0.4 is 15.5 Å².